The summed E-state index contributed by atoms with van der Waals surface area (Å²) in [5.41, 5.74) is -6.96. The molecule has 0 aliphatic heterocycles. The number of aliphatic hydroxyl groups excluding tert-OH is 3. The summed E-state index contributed by atoms with van der Waals surface area (Å²) in [4.78, 5) is 13.3. The molecule has 11 atom stereocenters. The molecular formula is C28H46O8. The fourth-order valence-corrected chi connectivity index (χ4v) is 8.37. The highest BCUT2D eigenvalue weighted by Gasteiger charge is 2.69. The van der Waals surface area contributed by atoms with Crippen molar-refractivity contribution in [1.82, 2.24) is 0 Å². The molecule has 0 heterocycles. The number of ketones is 1. The van der Waals surface area contributed by atoms with Gasteiger partial charge in [0.15, 0.2) is 5.78 Å². The maximum atomic E-state index is 13.3. The van der Waals surface area contributed by atoms with Crippen LogP contribution in [-0.4, -0.2) is 82.2 Å². The molecule has 36 heavy (non-hydrogen) atoms. The predicted octanol–water partition coefficient (Wildman–Crippen LogP) is 1.21. The molecule has 3 fully saturated rings. The van der Waals surface area contributed by atoms with Crippen molar-refractivity contribution in [1.29, 1.82) is 0 Å². The van der Waals surface area contributed by atoms with E-state index in [1.165, 1.54) is 27.7 Å². The van der Waals surface area contributed by atoms with Crippen LogP contribution in [0.5, 0.6) is 0 Å². The van der Waals surface area contributed by atoms with Gasteiger partial charge in [0.2, 0.25) is 0 Å². The topological polar surface area (TPSA) is 159 Å². The molecule has 7 N–H and O–H groups in total. The molecule has 4 aliphatic carbocycles. The van der Waals surface area contributed by atoms with Crippen molar-refractivity contribution < 1.29 is 40.5 Å². The van der Waals surface area contributed by atoms with Crippen molar-refractivity contribution in [3.8, 4) is 0 Å². The van der Waals surface area contributed by atoms with Crippen LogP contribution in [0.4, 0.5) is 0 Å². The van der Waals surface area contributed by atoms with Crippen molar-refractivity contribution in [2.75, 3.05) is 0 Å². The lowest BCUT2D eigenvalue weighted by molar-refractivity contribution is -0.197. The second-order valence-electron chi connectivity index (χ2n) is 13.9. The number of hydrogen-bond acceptors (Lipinski definition) is 8. The van der Waals surface area contributed by atoms with Crippen LogP contribution in [0.25, 0.3) is 0 Å². The van der Waals surface area contributed by atoms with Crippen molar-refractivity contribution in [2.24, 2.45) is 28.6 Å². The second-order valence-corrected chi connectivity index (χ2v) is 13.9. The van der Waals surface area contributed by atoms with Gasteiger partial charge in [0.05, 0.1) is 40.7 Å². The third kappa shape index (κ3) is 3.78. The minimum Gasteiger partial charge on any atom is -0.390 e. The molecule has 8 heteroatoms. The van der Waals surface area contributed by atoms with E-state index in [1.807, 2.05) is 13.8 Å². The van der Waals surface area contributed by atoms with Gasteiger partial charge in [-0.1, -0.05) is 13.8 Å². The molecule has 0 saturated heterocycles. The number of allylic oxidation sites excluding steroid dienone is 1. The molecule has 4 aliphatic rings. The highest BCUT2D eigenvalue weighted by atomic mass is 16.4. The summed E-state index contributed by atoms with van der Waals surface area (Å²) in [5.74, 6) is -1.21. The summed E-state index contributed by atoms with van der Waals surface area (Å²) in [7, 11) is 0. The minimum atomic E-state index is -1.67. The molecule has 3 saturated carbocycles. The maximum Gasteiger partial charge on any atom is 0.159 e. The Kier molecular flexibility index (Phi) is 6.50. The summed E-state index contributed by atoms with van der Waals surface area (Å²) in [5, 5.41) is 76.9. The van der Waals surface area contributed by atoms with E-state index in [-0.39, 0.29) is 31.0 Å². The fourth-order valence-electron chi connectivity index (χ4n) is 8.37. The van der Waals surface area contributed by atoms with Crippen LogP contribution in [-0.2, 0) is 4.79 Å². The van der Waals surface area contributed by atoms with Crippen LogP contribution in [0.2, 0.25) is 0 Å². The minimum absolute atomic E-state index is 0.134. The van der Waals surface area contributed by atoms with Crippen molar-refractivity contribution in [2.45, 2.75) is 127 Å². The van der Waals surface area contributed by atoms with Gasteiger partial charge in [-0.3, -0.25) is 4.79 Å². The van der Waals surface area contributed by atoms with Gasteiger partial charge >= 0.3 is 0 Å². The number of carbonyl (C=O) groups excluding carboxylic acids is 1. The van der Waals surface area contributed by atoms with Gasteiger partial charge in [0.1, 0.15) is 0 Å². The first kappa shape index (κ1) is 28.1. The second kappa shape index (κ2) is 8.31. The lowest BCUT2D eigenvalue weighted by Gasteiger charge is -2.60. The van der Waals surface area contributed by atoms with Crippen molar-refractivity contribution >= 4 is 5.78 Å². The molecule has 206 valence electrons. The van der Waals surface area contributed by atoms with Crippen LogP contribution in [0, 0.1) is 28.6 Å². The van der Waals surface area contributed by atoms with E-state index in [2.05, 4.69) is 0 Å². The van der Waals surface area contributed by atoms with Gasteiger partial charge in [0, 0.05) is 17.8 Å². The Morgan fingerprint density at radius 2 is 1.61 bits per heavy atom. The monoisotopic (exact) mass is 510 g/mol. The van der Waals surface area contributed by atoms with Gasteiger partial charge in [0.25, 0.3) is 0 Å². The Hall–Kier alpha value is -0.870. The van der Waals surface area contributed by atoms with E-state index < -0.39 is 63.4 Å². The van der Waals surface area contributed by atoms with E-state index in [0.717, 1.165) is 0 Å². The maximum absolute atomic E-state index is 13.3. The molecule has 11 unspecified atom stereocenters. The normalized spacial score (nSPS) is 47.1. The standard InChI is InChI=1S/C28H46O8/c1-23(2,33)26(5,34)14-22(32)27(6,35)21-8-10-28(36)16-11-18(29)17-12-19(30)20(31)13-24(17,3)15(16)7-9-25(21,28)4/h11,15,17,19-22,30-36H,7-10,12-14H2,1-6H3. The largest absolute Gasteiger partial charge is 0.390 e. The zero-order valence-electron chi connectivity index (χ0n) is 22.5. The first-order chi connectivity index (χ1) is 16.2. The summed E-state index contributed by atoms with van der Waals surface area (Å²) in [6, 6.07) is 0. The van der Waals surface area contributed by atoms with E-state index in [9.17, 15) is 40.5 Å². The number of hydrogen-bond donors (Lipinski definition) is 7. The Morgan fingerprint density at radius 3 is 2.19 bits per heavy atom. The summed E-state index contributed by atoms with van der Waals surface area (Å²) in [6.45, 7) is 9.76. The summed E-state index contributed by atoms with van der Waals surface area (Å²) < 4.78 is 0. The summed E-state index contributed by atoms with van der Waals surface area (Å²) in [6.07, 6.45) is 0.520. The lowest BCUT2D eigenvalue weighted by atomic mass is 9.45. The highest BCUT2D eigenvalue weighted by molar-refractivity contribution is 5.95. The van der Waals surface area contributed by atoms with Gasteiger partial charge < -0.3 is 35.7 Å². The molecule has 8 nitrogen and oxygen atoms in total. The zero-order chi connectivity index (χ0) is 27.3. The van der Waals surface area contributed by atoms with Crippen LogP contribution in [0.1, 0.15) is 86.5 Å². The molecule has 0 aromatic carbocycles. The van der Waals surface area contributed by atoms with Gasteiger partial charge in [-0.25, -0.2) is 0 Å². The Morgan fingerprint density at radius 1 is 1.00 bits per heavy atom. The van der Waals surface area contributed by atoms with Crippen molar-refractivity contribution in [3.63, 3.8) is 0 Å². The van der Waals surface area contributed by atoms with E-state index >= 15 is 0 Å². The van der Waals surface area contributed by atoms with Crippen molar-refractivity contribution in [3.05, 3.63) is 11.6 Å². The molecule has 0 spiro atoms. The molecule has 0 aromatic rings. The van der Waals surface area contributed by atoms with Crippen LogP contribution in [0.3, 0.4) is 0 Å². The molecule has 0 radical (unpaired) electrons. The third-order valence-corrected chi connectivity index (χ3v) is 11.4. The van der Waals surface area contributed by atoms with Crippen LogP contribution in [0.15, 0.2) is 11.6 Å². The van der Waals surface area contributed by atoms with E-state index in [4.69, 9.17) is 0 Å². The predicted molar refractivity (Wildman–Crippen MR) is 133 cm³/mol. The molecular weight excluding hydrogens is 464 g/mol. The van der Waals surface area contributed by atoms with E-state index in [0.29, 0.717) is 31.3 Å². The van der Waals surface area contributed by atoms with Gasteiger partial charge in [-0.2, -0.15) is 0 Å². The number of carbonyl (C=O) groups is 1. The third-order valence-electron chi connectivity index (χ3n) is 11.4. The van der Waals surface area contributed by atoms with Crippen LogP contribution < -0.4 is 0 Å². The Balaban J connectivity index is 1.68. The van der Waals surface area contributed by atoms with Gasteiger partial charge in [-0.15, -0.1) is 0 Å². The Bertz CT molecular complexity index is 934. The Labute approximate surface area is 214 Å². The first-order valence-corrected chi connectivity index (χ1v) is 13.4. The molecule has 0 aromatic heterocycles. The summed E-state index contributed by atoms with van der Waals surface area (Å²) >= 11 is 0. The molecule has 4 rings (SSSR count). The van der Waals surface area contributed by atoms with E-state index in [1.54, 1.807) is 6.08 Å². The van der Waals surface area contributed by atoms with Gasteiger partial charge in [-0.05, 0) is 95.1 Å². The fraction of sp³-hybridized carbons (Fsp3) is 0.893. The zero-order valence-corrected chi connectivity index (χ0v) is 22.5. The average Bonchev–Trinajstić information content (AvgIpc) is 3.01. The number of fused-ring (bicyclic) bond motifs is 5. The smallest absolute Gasteiger partial charge is 0.159 e. The molecule has 0 amide bonds. The molecule has 0 bridgehead atoms. The first-order valence-electron chi connectivity index (χ1n) is 13.4. The van der Waals surface area contributed by atoms with Crippen LogP contribution >= 0.6 is 0 Å². The number of aliphatic hydroxyl groups is 7. The number of rotatable bonds is 5. The highest BCUT2D eigenvalue weighted by Crippen LogP contribution is 2.68. The lowest BCUT2D eigenvalue weighted by Crippen LogP contribution is -2.63. The average molecular weight is 511 g/mol. The SMILES string of the molecule is CC(O)(C(O)CC(C)(O)C(C)(C)O)C1CCC2(O)C3=CC(=O)C4CC(O)C(O)CC4(C)C3CCC12C. The quantitative estimate of drug-likeness (QED) is 0.291.